The summed E-state index contributed by atoms with van der Waals surface area (Å²) in [6.45, 7) is 3.94. The van der Waals surface area contributed by atoms with Gasteiger partial charge in [0.05, 0.1) is 19.8 Å². The maximum absolute atomic E-state index is 12.9. The van der Waals surface area contributed by atoms with E-state index in [-0.39, 0.29) is 19.6 Å². The summed E-state index contributed by atoms with van der Waals surface area (Å²) in [7, 11) is -5.07. The number of esters is 1. The van der Waals surface area contributed by atoms with Gasteiger partial charge < -0.3 is 34.3 Å². The van der Waals surface area contributed by atoms with Crippen molar-refractivity contribution in [3.63, 3.8) is 0 Å². The van der Waals surface area contributed by atoms with Crippen LogP contribution >= 0.6 is 0 Å². The minimum absolute atomic E-state index is 0.0271. The molecule has 1 heterocycles. The summed E-state index contributed by atoms with van der Waals surface area (Å²) in [5.41, 5.74) is 0. The molecule has 6 atom stereocenters. The van der Waals surface area contributed by atoms with Crippen LogP contribution in [0.4, 0.5) is 0 Å². The van der Waals surface area contributed by atoms with E-state index in [1.165, 1.54) is 116 Å². The number of unbranched alkanes of at least 4 members (excludes halogenated alkanes) is 23. The Morgan fingerprint density at radius 2 is 1.03 bits per heavy atom. The molecule has 0 bridgehead atoms. The standard InChI is InChI=1S/C51H92O12S/c1-3-5-7-9-11-13-15-17-19-21-22-23-25-27-29-31-33-35-37-39-41-59-43-45(44-60-51-49(55)50(63-64(56,57)58)48(54)46(42-52)62-51)61-47(53)40-38-36-34-32-30-28-26-24-20-18-16-14-12-10-8-6-4-2/h11,13,17-20,22-23,45-46,48-52,54-55H,3-10,12,14-16,21,24-44H2,1-2H3,(H,56,57,58)/b13-11-,19-17-,20-18-,23-22-. The third kappa shape index (κ3) is 35.3. The zero-order valence-electron chi connectivity index (χ0n) is 40.1. The summed E-state index contributed by atoms with van der Waals surface area (Å²) >= 11 is 0. The maximum atomic E-state index is 12.9. The first-order valence-corrected chi connectivity index (χ1v) is 26.8. The molecule has 1 saturated heterocycles. The van der Waals surface area contributed by atoms with Gasteiger partial charge in [-0.2, -0.15) is 8.42 Å². The molecule has 1 aliphatic rings. The van der Waals surface area contributed by atoms with Crippen molar-refractivity contribution in [3.05, 3.63) is 48.6 Å². The molecular weight excluding hydrogens is 837 g/mol. The Morgan fingerprint density at radius 3 is 1.55 bits per heavy atom. The molecule has 6 unspecified atom stereocenters. The number of allylic oxidation sites excluding steroid dienone is 8. The van der Waals surface area contributed by atoms with Gasteiger partial charge in [-0.05, 0) is 77.0 Å². The predicted octanol–water partition coefficient (Wildman–Crippen LogP) is 11.5. The third-order valence-electron chi connectivity index (χ3n) is 11.4. The van der Waals surface area contributed by atoms with Gasteiger partial charge >= 0.3 is 16.4 Å². The molecule has 0 saturated carbocycles. The van der Waals surface area contributed by atoms with E-state index in [2.05, 4.69) is 66.6 Å². The lowest BCUT2D eigenvalue weighted by atomic mass is 9.99. The number of rotatable bonds is 44. The average molecular weight is 929 g/mol. The van der Waals surface area contributed by atoms with E-state index in [0.29, 0.717) is 13.0 Å². The van der Waals surface area contributed by atoms with E-state index >= 15 is 0 Å². The zero-order valence-corrected chi connectivity index (χ0v) is 40.9. The Balaban J connectivity index is 2.38. The first kappa shape index (κ1) is 60.1. The number of carbonyl (C=O) groups is 1. The van der Waals surface area contributed by atoms with E-state index in [1.54, 1.807) is 0 Å². The van der Waals surface area contributed by atoms with Gasteiger partial charge in [-0.1, -0.05) is 172 Å². The van der Waals surface area contributed by atoms with Crippen molar-refractivity contribution in [1.82, 2.24) is 0 Å². The van der Waals surface area contributed by atoms with E-state index in [1.807, 2.05) is 0 Å². The van der Waals surface area contributed by atoms with Crippen molar-refractivity contribution in [2.24, 2.45) is 0 Å². The first-order valence-electron chi connectivity index (χ1n) is 25.4. The Kier molecular flexibility index (Phi) is 39.8. The van der Waals surface area contributed by atoms with E-state index in [0.717, 1.165) is 64.2 Å². The van der Waals surface area contributed by atoms with E-state index < -0.39 is 59.8 Å². The molecule has 13 heteroatoms. The first-order chi connectivity index (χ1) is 31.1. The van der Waals surface area contributed by atoms with Crippen LogP contribution < -0.4 is 0 Å². The number of carbonyl (C=O) groups excluding carboxylic acids is 1. The Morgan fingerprint density at radius 1 is 0.594 bits per heavy atom. The van der Waals surface area contributed by atoms with Crippen LogP contribution in [0.2, 0.25) is 0 Å². The van der Waals surface area contributed by atoms with Gasteiger partial charge in [0.1, 0.15) is 30.5 Å². The van der Waals surface area contributed by atoms with Crippen LogP contribution in [0, 0.1) is 0 Å². The van der Waals surface area contributed by atoms with Crippen molar-refractivity contribution < 1.29 is 56.2 Å². The van der Waals surface area contributed by atoms with Crippen LogP contribution in [-0.2, 0) is 38.3 Å². The van der Waals surface area contributed by atoms with Gasteiger partial charge in [0.2, 0.25) is 0 Å². The van der Waals surface area contributed by atoms with Crippen LogP contribution in [-0.4, -0.2) is 97.5 Å². The summed E-state index contributed by atoms with van der Waals surface area (Å²) in [4.78, 5) is 12.9. The Bertz CT molecular complexity index is 1300. The van der Waals surface area contributed by atoms with Crippen LogP contribution in [0.25, 0.3) is 0 Å². The Labute approximate surface area is 389 Å². The molecule has 0 amide bonds. The highest BCUT2D eigenvalue weighted by atomic mass is 32.3. The molecule has 0 aromatic carbocycles. The number of aliphatic hydroxyl groups is 3. The van der Waals surface area contributed by atoms with Gasteiger partial charge in [-0.25, -0.2) is 4.18 Å². The summed E-state index contributed by atoms with van der Waals surface area (Å²) in [5, 5.41) is 30.7. The topological polar surface area (TPSA) is 178 Å². The van der Waals surface area contributed by atoms with Crippen molar-refractivity contribution in [1.29, 1.82) is 0 Å². The molecule has 1 rings (SSSR count). The minimum Gasteiger partial charge on any atom is -0.457 e. The van der Waals surface area contributed by atoms with Gasteiger partial charge in [-0.15, -0.1) is 0 Å². The summed E-state index contributed by atoms with van der Waals surface area (Å²) < 4.78 is 59.2. The lowest BCUT2D eigenvalue weighted by Crippen LogP contribution is -2.60. The fraction of sp³-hybridized carbons (Fsp3) is 0.824. The highest BCUT2D eigenvalue weighted by Crippen LogP contribution is 2.26. The number of ether oxygens (including phenoxy) is 4. The van der Waals surface area contributed by atoms with Crippen LogP contribution in [0.15, 0.2) is 48.6 Å². The average Bonchev–Trinajstić information content (AvgIpc) is 3.27. The fourth-order valence-corrected chi connectivity index (χ4v) is 8.07. The number of aliphatic hydroxyl groups excluding tert-OH is 3. The minimum atomic E-state index is -5.07. The van der Waals surface area contributed by atoms with E-state index in [4.69, 9.17) is 18.9 Å². The molecule has 4 N–H and O–H groups in total. The Hall–Kier alpha value is -1.94. The summed E-state index contributed by atoms with van der Waals surface area (Å²) in [6.07, 6.45) is 42.8. The molecule has 0 aliphatic carbocycles. The van der Waals surface area contributed by atoms with Crippen molar-refractivity contribution in [2.45, 2.75) is 243 Å². The molecule has 374 valence electrons. The molecule has 0 spiro atoms. The summed E-state index contributed by atoms with van der Waals surface area (Å²) in [5.74, 6) is -0.407. The van der Waals surface area contributed by atoms with Gasteiger partial charge in [0.15, 0.2) is 6.29 Å². The molecule has 1 fully saturated rings. The quantitative estimate of drug-likeness (QED) is 0.0197. The molecule has 0 aromatic heterocycles. The second kappa shape index (κ2) is 42.4. The number of hydrogen-bond acceptors (Lipinski definition) is 11. The fourth-order valence-electron chi connectivity index (χ4n) is 7.56. The molecule has 1 aliphatic heterocycles. The monoisotopic (exact) mass is 929 g/mol. The van der Waals surface area contributed by atoms with Crippen LogP contribution in [0.1, 0.15) is 206 Å². The second-order valence-electron chi connectivity index (χ2n) is 17.4. The third-order valence-corrected chi connectivity index (χ3v) is 11.9. The molecule has 12 nitrogen and oxygen atoms in total. The van der Waals surface area contributed by atoms with Crippen LogP contribution in [0.3, 0.4) is 0 Å². The van der Waals surface area contributed by atoms with Gasteiger partial charge in [0.25, 0.3) is 0 Å². The maximum Gasteiger partial charge on any atom is 0.397 e. The molecular formula is C51H92O12S. The second-order valence-corrected chi connectivity index (χ2v) is 18.4. The lowest BCUT2D eigenvalue weighted by molar-refractivity contribution is -0.301. The largest absolute Gasteiger partial charge is 0.457 e. The van der Waals surface area contributed by atoms with E-state index in [9.17, 15) is 33.1 Å². The SMILES string of the molecule is CCCCC/C=C\C/C=C\C/C=C\CCCCCCCCCOCC(COC1OC(CO)C(O)C(OS(=O)(=O)O)C1O)OC(=O)CCCCCCCCC/C=C\CCCCCCCC. The van der Waals surface area contributed by atoms with Crippen molar-refractivity contribution in [2.75, 3.05) is 26.4 Å². The smallest absolute Gasteiger partial charge is 0.397 e. The predicted molar refractivity (Wildman–Crippen MR) is 257 cm³/mol. The molecule has 64 heavy (non-hydrogen) atoms. The lowest BCUT2D eigenvalue weighted by Gasteiger charge is -2.41. The molecule has 0 radical (unpaired) electrons. The zero-order chi connectivity index (χ0) is 46.8. The normalized spacial score (nSPS) is 20.1. The highest BCUT2D eigenvalue weighted by Gasteiger charge is 2.48. The highest BCUT2D eigenvalue weighted by molar-refractivity contribution is 7.80. The van der Waals surface area contributed by atoms with Gasteiger partial charge in [0, 0.05) is 13.0 Å². The number of hydrogen-bond donors (Lipinski definition) is 4. The van der Waals surface area contributed by atoms with Crippen molar-refractivity contribution in [3.8, 4) is 0 Å². The van der Waals surface area contributed by atoms with Crippen LogP contribution in [0.5, 0.6) is 0 Å². The molecule has 0 aromatic rings. The van der Waals surface area contributed by atoms with Gasteiger partial charge in [-0.3, -0.25) is 9.35 Å². The summed E-state index contributed by atoms with van der Waals surface area (Å²) in [6, 6.07) is 0. The van der Waals surface area contributed by atoms with Crippen molar-refractivity contribution >= 4 is 16.4 Å².